The maximum Gasteiger partial charge on any atom is 0.119 e. The van der Waals surface area contributed by atoms with Crippen molar-refractivity contribution in [3.63, 3.8) is 0 Å². The van der Waals surface area contributed by atoms with Crippen molar-refractivity contribution in [2.24, 2.45) is 0 Å². The van der Waals surface area contributed by atoms with E-state index in [-0.39, 0.29) is 0 Å². The van der Waals surface area contributed by atoms with E-state index in [0.29, 0.717) is 13.0 Å². The van der Waals surface area contributed by atoms with Gasteiger partial charge in [-0.3, -0.25) is 0 Å². The predicted octanol–water partition coefficient (Wildman–Crippen LogP) is 2.25. The summed E-state index contributed by atoms with van der Waals surface area (Å²) in [5.74, 6) is 0.803. The third kappa shape index (κ3) is 2.54. The van der Waals surface area contributed by atoms with Crippen molar-refractivity contribution >= 4 is 0 Å². The summed E-state index contributed by atoms with van der Waals surface area (Å²) in [6, 6.07) is 5.68. The van der Waals surface area contributed by atoms with Crippen LogP contribution >= 0.6 is 0 Å². The molecule has 1 rings (SSSR count). The SMILES string of the molecule is CCC(O)(COC)c1ccc(OC)cc1C. The summed E-state index contributed by atoms with van der Waals surface area (Å²) in [6.07, 6.45) is 0.619. The molecule has 0 aromatic heterocycles. The van der Waals surface area contributed by atoms with Gasteiger partial charge in [0.2, 0.25) is 0 Å². The lowest BCUT2D eigenvalue weighted by molar-refractivity contribution is -0.0390. The fraction of sp³-hybridized carbons (Fsp3) is 0.538. The molecule has 0 radical (unpaired) electrons. The second kappa shape index (κ2) is 5.32. The second-order valence-electron chi connectivity index (χ2n) is 4.00. The van der Waals surface area contributed by atoms with Gasteiger partial charge in [-0.25, -0.2) is 0 Å². The van der Waals surface area contributed by atoms with Crippen LogP contribution in [0.4, 0.5) is 0 Å². The van der Waals surface area contributed by atoms with Gasteiger partial charge in [0.15, 0.2) is 0 Å². The van der Waals surface area contributed by atoms with Crippen LogP contribution in [0, 0.1) is 6.92 Å². The van der Waals surface area contributed by atoms with E-state index in [1.807, 2.05) is 32.0 Å². The van der Waals surface area contributed by atoms with Gasteiger partial charge in [-0.15, -0.1) is 0 Å². The lowest BCUT2D eigenvalue weighted by Crippen LogP contribution is -2.31. The predicted molar refractivity (Wildman–Crippen MR) is 63.8 cm³/mol. The maximum absolute atomic E-state index is 10.5. The smallest absolute Gasteiger partial charge is 0.119 e. The van der Waals surface area contributed by atoms with E-state index < -0.39 is 5.60 Å². The van der Waals surface area contributed by atoms with Crippen LogP contribution < -0.4 is 4.74 Å². The summed E-state index contributed by atoms with van der Waals surface area (Å²) in [6.45, 7) is 4.22. The molecule has 0 fully saturated rings. The Labute approximate surface area is 97.0 Å². The molecule has 90 valence electrons. The Morgan fingerprint density at radius 1 is 1.31 bits per heavy atom. The number of hydrogen-bond acceptors (Lipinski definition) is 3. The number of methoxy groups -OCH3 is 2. The summed E-state index contributed by atoms with van der Waals surface area (Å²) < 4.78 is 10.2. The minimum atomic E-state index is -0.912. The lowest BCUT2D eigenvalue weighted by Gasteiger charge is -2.28. The Bertz CT molecular complexity index is 349. The molecule has 1 aromatic rings. The topological polar surface area (TPSA) is 38.7 Å². The average molecular weight is 224 g/mol. The van der Waals surface area contributed by atoms with E-state index in [1.165, 1.54) is 0 Å². The van der Waals surface area contributed by atoms with Crippen LogP contribution in [0.3, 0.4) is 0 Å². The van der Waals surface area contributed by atoms with E-state index in [4.69, 9.17) is 9.47 Å². The zero-order valence-electron chi connectivity index (χ0n) is 10.4. The Hall–Kier alpha value is -1.06. The van der Waals surface area contributed by atoms with Gasteiger partial charge in [-0.2, -0.15) is 0 Å². The molecule has 0 aliphatic rings. The Morgan fingerprint density at radius 3 is 2.44 bits per heavy atom. The van der Waals surface area contributed by atoms with Crippen LogP contribution in [0.25, 0.3) is 0 Å². The Morgan fingerprint density at radius 2 is 2.00 bits per heavy atom. The maximum atomic E-state index is 10.5. The molecule has 0 spiro atoms. The molecule has 0 amide bonds. The van der Waals surface area contributed by atoms with E-state index in [2.05, 4.69) is 0 Å². The lowest BCUT2D eigenvalue weighted by atomic mass is 9.88. The van der Waals surface area contributed by atoms with Gasteiger partial charge in [0.1, 0.15) is 11.4 Å². The summed E-state index contributed by atoms with van der Waals surface area (Å²) in [5, 5.41) is 10.5. The van der Waals surface area contributed by atoms with Crippen LogP contribution in [0.5, 0.6) is 5.75 Å². The van der Waals surface area contributed by atoms with Gasteiger partial charge in [0, 0.05) is 7.11 Å². The molecule has 0 aliphatic heterocycles. The van der Waals surface area contributed by atoms with Crippen LogP contribution in [0.1, 0.15) is 24.5 Å². The normalized spacial score (nSPS) is 14.6. The molecule has 1 aromatic carbocycles. The largest absolute Gasteiger partial charge is 0.497 e. The molecule has 0 saturated carbocycles. The van der Waals surface area contributed by atoms with Gasteiger partial charge >= 0.3 is 0 Å². The zero-order chi connectivity index (χ0) is 12.2. The standard InChI is InChI=1S/C13H20O3/c1-5-13(14,9-15-3)12-7-6-11(16-4)8-10(12)2/h6-8,14H,5,9H2,1-4H3. The minimum absolute atomic E-state index is 0.302. The molecule has 0 aliphatic carbocycles. The highest BCUT2D eigenvalue weighted by atomic mass is 16.5. The zero-order valence-corrected chi connectivity index (χ0v) is 10.4. The van der Waals surface area contributed by atoms with Crippen molar-refractivity contribution in [1.29, 1.82) is 0 Å². The average Bonchev–Trinajstić information content (AvgIpc) is 2.28. The molecule has 3 nitrogen and oxygen atoms in total. The fourth-order valence-corrected chi connectivity index (χ4v) is 1.89. The van der Waals surface area contributed by atoms with E-state index >= 15 is 0 Å². The van der Waals surface area contributed by atoms with Gasteiger partial charge in [-0.1, -0.05) is 13.0 Å². The molecule has 0 saturated heterocycles. The van der Waals surface area contributed by atoms with Crippen molar-refractivity contribution in [3.05, 3.63) is 29.3 Å². The minimum Gasteiger partial charge on any atom is -0.497 e. The van der Waals surface area contributed by atoms with E-state index in [9.17, 15) is 5.11 Å². The van der Waals surface area contributed by atoms with Gasteiger partial charge in [0.25, 0.3) is 0 Å². The Kier molecular flexibility index (Phi) is 4.33. The van der Waals surface area contributed by atoms with Crippen LogP contribution in [0.2, 0.25) is 0 Å². The first-order valence-corrected chi connectivity index (χ1v) is 5.44. The van der Waals surface area contributed by atoms with Gasteiger partial charge in [0.05, 0.1) is 13.7 Å². The van der Waals surface area contributed by atoms with E-state index in [1.54, 1.807) is 14.2 Å². The monoisotopic (exact) mass is 224 g/mol. The molecule has 1 unspecified atom stereocenters. The van der Waals surface area contributed by atoms with Crippen molar-refractivity contribution in [1.82, 2.24) is 0 Å². The molecule has 0 bridgehead atoms. The van der Waals surface area contributed by atoms with Gasteiger partial charge in [-0.05, 0) is 36.6 Å². The third-order valence-electron chi connectivity index (χ3n) is 2.90. The highest BCUT2D eigenvalue weighted by Crippen LogP contribution is 2.30. The fourth-order valence-electron chi connectivity index (χ4n) is 1.89. The third-order valence-corrected chi connectivity index (χ3v) is 2.90. The molecule has 0 heterocycles. The molecular formula is C13H20O3. The summed E-state index contributed by atoms with van der Waals surface area (Å²) in [4.78, 5) is 0. The first-order chi connectivity index (χ1) is 7.57. The second-order valence-corrected chi connectivity index (χ2v) is 4.00. The van der Waals surface area contributed by atoms with Crippen molar-refractivity contribution in [2.75, 3.05) is 20.8 Å². The number of ether oxygens (including phenoxy) is 2. The highest BCUT2D eigenvalue weighted by Gasteiger charge is 2.28. The molecule has 1 atom stereocenters. The quantitative estimate of drug-likeness (QED) is 0.833. The number of rotatable bonds is 5. The van der Waals surface area contributed by atoms with Crippen LogP contribution in [-0.4, -0.2) is 25.9 Å². The Balaban J connectivity index is 3.10. The van der Waals surface area contributed by atoms with Crippen LogP contribution in [-0.2, 0) is 10.3 Å². The number of aryl methyl sites for hydroxylation is 1. The van der Waals surface area contributed by atoms with Gasteiger partial charge < -0.3 is 14.6 Å². The highest BCUT2D eigenvalue weighted by molar-refractivity contribution is 5.38. The summed E-state index contributed by atoms with van der Waals surface area (Å²) >= 11 is 0. The van der Waals surface area contributed by atoms with E-state index in [0.717, 1.165) is 16.9 Å². The van der Waals surface area contributed by atoms with Crippen molar-refractivity contribution in [3.8, 4) is 5.75 Å². The number of benzene rings is 1. The summed E-state index contributed by atoms with van der Waals surface area (Å²) in [7, 11) is 3.23. The summed E-state index contributed by atoms with van der Waals surface area (Å²) in [5.41, 5.74) is 1.00. The first-order valence-electron chi connectivity index (χ1n) is 5.44. The first kappa shape index (κ1) is 13.0. The van der Waals surface area contributed by atoms with Crippen LogP contribution in [0.15, 0.2) is 18.2 Å². The molecule has 16 heavy (non-hydrogen) atoms. The molecule has 3 heteroatoms. The molecule has 1 N–H and O–H groups in total. The van der Waals surface area contributed by atoms with Crippen molar-refractivity contribution < 1.29 is 14.6 Å². The number of hydrogen-bond donors (Lipinski definition) is 1. The molecular weight excluding hydrogens is 204 g/mol. The van der Waals surface area contributed by atoms with Crippen molar-refractivity contribution in [2.45, 2.75) is 25.9 Å². The number of aliphatic hydroxyl groups is 1.